The lowest BCUT2D eigenvalue weighted by atomic mass is 10.1. The molecule has 1 unspecified atom stereocenters. The van der Waals surface area contributed by atoms with Gasteiger partial charge >= 0.3 is 0 Å². The van der Waals surface area contributed by atoms with Crippen LogP contribution in [-0.2, 0) is 14.3 Å². The summed E-state index contributed by atoms with van der Waals surface area (Å²) in [6.07, 6.45) is 1.63. The van der Waals surface area contributed by atoms with Crippen molar-refractivity contribution in [3.63, 3.8) is 0 Å². The van der Waals surface area contributed by atoms with Crippen LogP contribution in [0.15, 0.2) is 0 Å². The van der Waals surface area contributed by atoms with Gasteiger partial charge in [-0.1, -0.05) is 13.3 Å². The zero-order valence-electron chi connectivity index (χ0n) is 13.1. The summed E-state index contributed by atoms with van der Waals surface area (Å²) in [7, 11) is 1.60. The SMILES string of the molecule is CCCC(N)C(=O)N1CCN(CC(=O)NCCOC)CC1. The second-order valence-electron chi connectivity index (χ2n) is 5.34. The Labute approximate surface area is 126 Å². The number of nitrogens with zero attached hydrogens (tertiary/aromatic N) is 2. The summed E-state index contributed by atoms with van der Waals surface area (Å²) in [5.74, 6) is 0.0237. The first-order valence-corrected chi connectivity index (χ1v) is 7.60. The van der Waals surface area contributed by atoms with Gasteiger partial charge in [0.1, 0.15) is 0 Å². The Balaban J connectivity index is 2.25. The molecule has 2 amide bonds. The molecule has 0 spiro atoms. The van der Waals surface area contributed by atoms with Crippen LogP contribution in [-0.4, -0.2) is 80.6 Å². The van der Waals surface area contributed by atoms with E-state index in [1.54, 1.807) is 12.0 Å². The van der Waals surface area contributed by atoms with Crippen molar-refractivity contribution in [3.05, 3.63) is 0 Å². The summed E-state index contributed by atoms with van der Waals surface area (Å²) in [4.78, 5) is 27.6. The lowest BCUT2D eigenvalue weighted by Gasteiger charge is -2.35. The third kappa shape index (κ3) is 6.41. The molecular formula is C14H28N4O3. The van der Waals surface area contributed by atoms with E-state index >= 15 is 0 Å². The lowest BCUT2D eigenvalue weighted by molar-refractivity contribution is -0.134. The fraction of sp³-hybridized carbons (Fsp3) is 0.857. The molecule has 7 nitrogen and oxygen atoms in total. The molecule has 1 saturated heterocycles. The molecule has 0 aromatic heterocycles. The highest BCUT2D eigenvalue weighted by molar-refractivity contribution is 5.82. The van der Waals surface area contributed by atoms with Gasteiger partial charge in [-0.15, -0.1) is 0 Å². The minimum absolute atomic E-state index is 0.00508. The fourth-order valence-electron chi connectivity index (χ4n) is 2.35. The molecule has 3 N–H and O–H groups in total. The van der Waals surface area contributed by atoms with Gasteiger partial charge < -0.3 is 20.7 Å². The van der Waals surface area contributed by atoms with Gasteiger partial charge in [0.25, 0.3) is 0 Å². The van der Waals surface area contributed by atoms with Crippen LogP contribution in [0.5, 0.6) is 0 Å². The Kier molecular flexibility index (Phi) is 8.26. The van der Waals surface area contributed by atoms with E-state index < -0.39 is 0 Å². The zero-order chi connectivity index (χ0) is 15.7. The minimum Gasteiger partial charge on any atom is -0.383 e. The molecule has 7 heteroatoms. The number of carbonyl (C=O) groups excluding carboxylic acids is 2. The molecule has 1 heterocycles. The number of carbonyl (C=O) groups is 2. The molecule has 1 aliphatic rings. The maximum absolute atomic E-state index is 12.1. The Bertz CT molecular complexity index is 330. The number of piperazine rings is 1. The lowest BCUT2D eigenvalue weighted by Crippen LogP contribution is -2.54. The first-order chi connectivity index (χ1) is 10.1. The number of hydrogen-bond donors (Lipinski definition) is 2. The minimum atomic E-state index is -0.390. The van der Waals surface area contributed by atoms with Gasteiger partial charge in [0.2, 0.25) is 11.8 Å². The smallest absolute Gasteiger partial charge is 0.239 e. The number of ether oxygens (including phenoxy) is 1. The van der Waals surface area contributed by atoms with Crippen molar-refractivity contribution >= 4 is 11.8 Å². The largest absolute Gasteiger partial charge is 0.383 e. The van der Waals surface area contributed by atoms with E-state index in [1.807, 2.05) is 6.92 Å². The van der Waals surface area contributed by atoms with Gasteiger partial charge in [0.05, 0.1) is 19.2 Å². The van der Waals surface area contributed by atoms with Crippen molar-refractivity contribution in [2.45, 2.75) is 25.8 Å². The highest BCUT2D eigenvalue weighted by atomic mass is 16.5. The molecular weight excluding hydrogens is 272 g/mol. The van der Waals surface area contributed by atoms with Crippen molar-refractivity contribution in [2.24, 2.45) is 5.73 Å². The molecule has 1 aliphatic heterocycles. The molecule has 122 valence electrons. The van der Waals surface area contributed by atoms with E-state index in [-0.39, 0.29) is 17.9 Å². The number of nitrogens with two attached hydrogens (primary N) is 1. The van der Waals surface area contributed by atoms with Crippen molar-refractivity contribution in [1.29, 1.82) is 0 Å². The van der Waals surface area contributed by atoms with Gasteiger partial charge in [-0.3, -0.25) is 14.5 Å². The maximum Gasteiger partial charge on any atom is 0.239 e. The number of rotatable bonds is 8. The van der Waals surface area contributed by atoms with Crippen molar-refractivity contribution in [3.8, 4) is 0 Å². The van der Waals surface area contributed by atoms with Crippen LogP contribution in [0.3, 0.4) is 0 Å². The molecule has 0 saturated carbocycles. The van der Waals surface area contributed by atoms with E-state index in [9.17, 15) is 9.59 Å². The third-order valence-corrected chi connectivity index (χ3v) is 3.60. The summed E-state index contributed by atoms with van der Waals surface area (Å²) in [6, 6.07) is -0.390. The molecule has 1 rings (SSSR count). The summed E-state index contributed by atoms with van der Waals surface area (Å²) >= 11 is 0. The first kappa shape index (κ1) is 17.9. The predicted molar refractivity (Wildman–Crippen MR) is 80.8 cm³/mol. The van der Waals surface area contributed by atoms with Gasteiger partial charge in [0, 0.05) is 39.8 Å². The highest BCUT2D eigenvalue weighted by Gasteiger charge is 2.25. The number of amides is 2. The fourth-order valence-corrected chi connectivity index (χ4v) is 2.35. The van der Waals surface area contributed by atoms with Crippen molar-refractivity contribution in [1.82, 2.24) is 15.1 Å². The molecule has 0 aromatic carbocycles. The van der Waals surface area contributed by atoms with E-state index in [4.69, 9.17) is 10.5 Å². The van der Waals surface area contributed by atoms with Crippen LogP contribution in [0.2, 0.25) is 0 Å². The second kappa shape index (κ2) is 9.70. The summed E-state index contributed by atoms with van der Waals surface area (Å²) in [5.41, 5.74) is 5.86. The Morgan fingerprint density at radius 1 is 1.29 bits per heavy atom. The van der Waals surface area contributed by atoms with Crippen LogP contribution < -0.4 is 11.1 Å². The van der Waals surface area contributed by atoms with Crippen LogP contribution in [0.25, 0.3) is 0 Å². The van der Waals surface area contributed by atoms with Crippen molar-refractivity contribution in [2.75, 3.05) is 53.0 Å². The summed E-state index contributed by atoms with van der Waals surface area (Å²) in [6.45, 7) is 6.14. The summed E-state index contributed by atoms with van der Waals surface area (Å²) < 4.78 is 4.88. The first-order valence-electron chi connectivity index (χ1n) is 7.60. The van der Waals surface area contributed by atoms with E-state index in [2.05, 4.69) is 10.2 Å². The van der Waals surface area contributed by atoms with E-state index in [1.165, 1.54) is 0 Å². The summed E-state index contributed by atoms with van der Waals surface area (Å²) in [5, 5.41) is 2.79. The Hall–Kier alpha value is -1.18. The predicted octanol–water partition coefficient (Wildman–Crippen LogP) is -0.979. The van der Waals surface area contributed by atoms with Crippen molar-refractivity contribution < 1.29 is 14.3 Å². The average molecular weight is 300 g/mol. The van der Waals surface area contributed by atoms with Gasteiger partial charge in [0.15, 0.2) is 0 Å². The average Bonchev–Trinajstić information content (AvgIpc) is 2.48. The van der Waals surface area contributed by atoms with Gasteiger partial charge in [-0.25, -0.2) is 0 Å². The third-order valence-electron chi connectivity index (χ3n) is 3.60. The van der Waals surface area contributed by atoms with Crippen LogP contribution in [0.4, 0.5) is 0 Å². The number of methoxy groups -OCH3 is 1. The van der Waals surface area contributed by atoms with E-state index in [0.29, 0.717) is 45.9 Å². The maximum atomic E-state index is 12.1. The van der Waals surface area contributed by atoms with Gasteiger partial charge in [-0.2, -0.15) is 0 Å². The molecule has 0 aliphatic carbocycles. The molecule has 21 heavy (non-hydrogen) atoms. The van der Waals surface area contributed by atoms with Crippen LogP contribution in [0, 0.1) is 0 Å². The molecule has 1 atom stereocenters. The highest BCUT2D eigenvalue weighted by Crippen LogP contribution is 2.05. The molecule has 0 aromatic rings. The molecule has 0 radical (unpaired) electrons. The van der Waals surface area contributed by atoms with Crippen LogP contribution >= 0.6 is 0 Å². The molecule has 0 bridgehead atoms. The number of nitrogens with one attached hydrogen (secondary N) is 1. The quantitative estimate of drug-likeness (QED) is 0.563. The Morgan fingerprint density at radius 3 is 2.52 bits per heavy atom. The zero-order valence-corrected chi connectivity index (χ0v) is 13.1. The Morgan fingerprint density at radius 2 is 1.95 bits per heavy atom. The van der Waals surface area contributed by atoms with Crippen LogP contribution in [0.1, 0.15) is 19.8 Å². The molecule has 1 fully saturated rings. The topological polar surface area (TPSA) is 87.9 Å². The standard InChI is InChI=1S/C14H28N4O3/c1-3-4-12(15)14(20)18-8-6-17(7-9-18)11-13(19)16-5-10-21-2/h12H,3-11,15H2,1-2H3,(H,16,19). The van der Waals surface area contributed by atoms with E-state index in [0.717, 1.165) is 12.8 Å². The van der Waals surface area contributed by atoms with Gasteiger partial charge in [-0.05, 0) is 6.42 Å². The number of hydrogen-bond acceptors (Lipinski definition) is 5. The normalized spacial score (nSPS) is 17.6. The monoisotopic (exact) mass is 300 g/mol. The second-order valence-corrected chi connectivity index (χ2v) is 5.34.